The summed E-state index contributed by atoms with van der Waals surface area (Å²) in [6, 6.07) is 5.54. The zero-order chi connectivity index (χ0) is 15.7. The molecule has 0 aliphatic rings. The predicted octanol–water partition coefficient (Wildman–Crippen LogP) is 1.37. The third-order valence-corrected chi connectivity index (χ3v) is 3.50. The molecule has 1 N–H and O–H groups in total. The molecule has 1 heterocycles. The van der Waals surface area contributed by atoms with Gasteiger partial charge in [-0.1, -0.05) is 26.0 Å². The van der Waals surface area contributed by atoms with E-state index in [1.807, 2.05) is 13.8 Å². The summed E-state index contributed by atoms with van der Waals surface area (Å²) in [5, 5.41) is 9.72. The number of carboxylic acids is 1. The molecular formula is C15H18N2O4. The van der Waals surface area contributed by atoms with Crippen molar-refractivity contribution in [2.24, 2.45) is 13.0 Å². The van der Waals surface area contributed by atoms with Crippen LogP contribution in [0.3, 0.4) is 0 Å². The fourth-order valence-corrected chi connectivity index (χ4v) is 2.47. The van der Waals surface area contributed by atoms with E-state index in [1.165, 1.54) is 11.6 Å². The van der Waals surface area contributed by atoms with Crippen molar-refractivity contribution in [3.05, 3.63) is 45.1 Å². The summed E-state index contributed by atoms with van der Waals surface area (Å²) in [4.78, 5) is 36.4. The fraction of sp³-hybridized carbons (Fsp3) is 0.400. The smallest absolute Gasteiger partial charge is 0.332 e. The second kappa shape index (κ2) is 5.55. The molecule has 0 aliphatic carbocycles. The predicted molar refractivity (Wildman–Crippen MR) is 79.6 cm³/mol. The van der Waals surface area contributed by atoms with Crippen LogP contribution in [-0.4, -0.2) is 20.2 Å². The van der Waals surface area contributed by atoms with E-state index in [4.69, 9.17) is 0 Å². The molecule has 0 radical (unpaired) electrons. The van der Waals surface area contributed by atoms with Crippen molar-refractivity contribution < 1.29 is 9.90 Å². The molecule has 6 heteroatoms. The lowest BCUT2D eigenvalue weighted by molar-refractivity contribution is -0.141. The van der Waals surface area contributed by atoms with Gasteiger partial charge in [0.2, 0.25) is 0 Å². The number of benzene rings is 1. The third-order valence-electron chi connectivity index (χ3n) is 3.50. The van der Waals surface area contributed by atoms with Gasteiger partial charge < -0.3 is 5.11 Å². The summed E-state index contributed by atoms with van der Waals surface area (Å²) in [7, 11) is 1.54. The van der Waals surface area contributed by atoms with E-state index in [-0.39, 0.29) is 12.3 Å². The van der Waals surface area contributed by atoms with Crippen molar-refractivity contribution in [1.29, 1.82) is 0 Å². The molecule has 0 saturated carbocycles. The highest BCUT2D eigenvalue weighted by molar-refractivity contribution is 5.78. The number of carbonyl (C=O) groups is 1. The molecule has 0 fully saturated rings. The molecule has 2 rings (SSSR count). The van der Waals surface area contributed by atoms with Crippen molar-refractivity contribution in [3.63, 3.8) is 0 Å². The van der Waals surface area contributed by atoms with E-state index in [0.717, 1.165) is 4.57 Å². The number of aliphatic carboxylic acids is 1. The Labute approximate surface area is 121 Å². The highest BCUT2D eigenvalue weighted by Gasteiger charge is 2.26. The minimum atomic E-state index is -1.17. The molecule has 0 amide bonds. The minimum Gasteiger partial charge on any atom is -0.480 e. The molecule has 6 nitrogen and oxygen atoms in total. The van der Waals surface area contributed by atoms with Crippen LogP contribution < -0.4 is 11.2 Å². The normalized spacial score (nSPS) is 12.8. The maximum Gasteiger partial charge on any atom is 0.332 e. The average molecular weight is 290 g/mol. The molecule has 1 unspecified atom stereocenters. The van der Waals surface area contributed by atoms with Crippen LogP contribution in [0.25, 0.3) is 10.9 Å². The topological polar surface area (TPSA) is 81.3 Å². The van der Waals surface area contributed by atoms with Crippen molar-refractivity contribution >= 4 is 16.9 Å². The van der Waals surface area contributed by atoms with Gasteiger partial charge in [-0.2, -0.15) is 0 Å². The van der Waals surface area contributed by atoms with Crippen LogP contribution >= 0.6 is 0 Å². The first kappa shape index (κ1) is 15.0. The quantitative estimate of drug-likeness (QED) is 0.922. The van der Waals surface area contributed by atoms with Gasteiger partial charge in [0.1, 0.15) is 6.04 Å². The molecular weight excluding hydrogens is 272 g/mol. The Bertz CT molecular complexity index is 801. The number of aromatic nitrogens is 2. The standard InChI is InChI=1S/C15H18N2O4/c1-9(2)8-12(14(19)20)17-13(18)10-6-4-5-7-11(10)16(3)15(17)21/h4-7,9,12H,8H2,1-3H3,(H,19,20). The van der Waals surface area contributed by atoms with Gasteiger partial charge in [0, 0.05) is 7.05 Å². The van der Waals surface area contributed by atoms with E-state index >= 15 is 0 Å². The highest BCUT2D eigenvalue weighted by Crippen LogP contribution is 2.16. The van der Waals surface area contributed by atoms with Gasteiger partial charge in [0.15, 0.2) is 0 Å². The molecule has 21 heavy (non-hydrogen) atoms. The Balaban J connectivity index is 2.83. The first-order chi connectivity index (χ1) is 9.84. The Morgan fingerprint density at radius 3 is 2.43 bits per heavy atom. The monoisotopic (exact) mass is 290 g/mol. The first-order valence-corrected chi connectivity index (χ1v) is 6.77. The third kappa shape index (κ3) is 2.61. The molecule has 1 aromatic carbocycles. The summed E-state index contributed by atoms with van der Waals surface area (Å²) < 4.78 is 2.16. The highest BCUT2D eigenvalue weighted by atomic mass is 16.4. The van der Waals surface area contributed by atoms with Crippen LogP contribution in [0, 0.1) is 5.92 Å². The number of aryl methyl sites for hydroxylation is 1. The fourth-order valence-electron chi connectivity index (χ4n) is 2.47. The van der Waals surface area contributed by atoms with Crippen LogP contribution in [0.5, 0.6) is 0 Å². The van der Waals surface area contributed by atoms with Gasteiger partial charge in [-0.05, 0) is 24.5 Å². The number of nitrogens with zero attached hydrogens (tertiary/aromatic N) is 2. The average Bonchev–Trinajstić information content (AvgIpc) is 2.43. The van der Waals surface area contributed by atoms with Gasteiger partial charge in [-0.25, -0.2) is 14.2 Å². The summed E-state index contributed by atoms with van der Waals surface area (Å²) >= 11 is 0. The van der Waals surface area contributed by atoms with Crippen molar-refractivity contribution in [2.75, 3.05) is 0 Å². The molecule has 0 spiro atoms. The Hall–Kier alpha value is -2.37. The lowest BCUT2D eigenvalue weighted by atomic mass is 10.0. The number of carboxylic acid groups (broad SMARTS) is 1. The molecule has 0 saturated heterocycles. The minimum absolute atomic E-state index is 0.0502. The second-order valence-corrected chi connectivity index (χ2v) is 5.52. The largest absolute Gasteiger partial charge is 0.480 e. The number of hydrogen-bond acceptors (Lipinski definition) is 3. The van der Waals surface area contributed by atoms with Crippen molar-refractivity contribution in [1.82, 2.24) is 9.13 Å². The summed E-state index contributed by atoms with van der Waals surface area (Å²) in [5.41, 5.74) is -0.661. The Morgan fingerprint density at radius 2 is 1.86 bits per heavy atom. The van der Waals surface area contributed by atoms with E-state index in [2.05, 4.69) is 0 Å². The van der Waals surface area contributed by atoms with Crippen LogP contribution in [-0.2, 0) is 11.8 Å². The zero-order valence-corrected chi connectivity index (χ0v) is 12.2. The molecule has 1 aromatic heterocycles. The molecule has 2 aromatic rings. The van der Waals surface area contributed by atoms with Crippen LogP contribution in [0.1, 0.15) is 26.3 Å². The van der Waals surface area contributed by atoms with Crippen molar-refractivity contribution in [2.45, 2.75) is 26.3 Å². The van der Waals surface area contributed by atoms with Gasteiger partial charge in [0.25, 0.3) is 5.56 Å². The second-order valence-electron chi connectivity index (χ2n) is 5.52. The number of para-hydroxylation sites is 1. The summed E-state index contributed by atoms with van der Waals surface area (Å²) in [6.07, 6.45) is 0.225. The Kier molecular flexibility index (Phi) is 3.97. The van der Waals surface area contributed by atoms with E-state index in [9.17, 15) is 19.5 Å². The molecule has 112 valence electrons. The van der Waals surface area contributed by atoms with Crippen molar-refractivity contribution in [3.8, 4) is 0 Å². The lowest BCUT2D eigenvalue weighted by Gasteiger charge is -2.18. The SMILES string of the molecule is CC(C)CC(C(=O)O)n1c(=O)c2ccccc2n(C)c1=O. The van der Waals surface area contributed by atoms with Crippen LogP contribution in [0.15, 0.2) is 33.9 Å². The number of hydrogen-bond donors (Lipinski definition) is 1. The van der Waals surface area contributed by atoms with Gasteiger partial charge in [0.05, 0.1) is 10.9 Å². The molecule has 1 atom stereocenters. The van der Waals surface area contributed by atoms with Crippen LogP contribution in [0.2, 0.25) is 0 Å². The van der Waals surface area contributed by atoms with Gasteiger partial charge in [-0.15, -0.1) is 0 Å². The zero-order valence-electron chi connectivity index (χ0n) is 12.2. The van der Waals surface area contributed by atoms with E-state index < -0.39 is 23.3 Å². The van der Waals surface area contributed by atoms with E-state index in [1.54, 1.807) is 24.3 Å². The van der Waals surface area contributed by atoms with Gasteiger partial charge in [-0.3, -0.25) is 9.36 Å². The maximum atomic E-state index is 12.5. The van der Waals surface area contributed by atoms with Crippen LogP contribution in [0.4, 0.5) is 0 Å². The van der Waals surface area contributed by atoms with Gasteiger partial charge >= 0.3 is 11.7 Å². The summed E-state index contributed by atoms with van der Waals surface area (Å²) in [5.74, 6) is -1.12. The first-order valence-electron chi connectivity index (χ1n) is 6.77. The molecule has 0 bridgehead atoms. The number of fused-ring (bicyclic) bond motifs is 1. The Morgan fingerprint density at radius 1 is 1.24 bits per heavy atom. The lowest BCUT2D eigenvalue weighted by Crippen LogP contribution is -2.44. The number of rotatable bonds is 4. The summed E-state index contributed by atoms with van der Waals surface area (Å²) in [6.45, 7) is 3.71. The van der Waals surface area contributed by atoms with E-state index in [0.29, 0.717) is 10.9 Å². The maximum absolute atomic E-state index is 12.5. The molecule has 0 aliphatic heterocycles.